The number of allylic oxidation sites excluding steroid dienone is 1. The largest absolute Gasteiger partial charge is 0.306 e. The molecule has 2 nitrogen and oxygen atoms in total. The quantitative estimate of drug-likeness (QED) is 0.720. The predicted octanol–water partition coefficient (Wildman–Crippen LogP) is 5.07. The molecule has 0 bridgehead atoms. The Balaban J connectivity index is 1.77. The molecule has 110 valence electrons. The summed E-state index contributed by atoms with van der Waals surface area (Å²) in [5.41, 5.74) is 3.77. The molecule has 0 aliphatic heterocycles. The Morgan fingerprint density at radius 1 is 1.19 bits per heavy atom. The molecule has 1 aromatic carbocycles. The molecule has 1 aliphatic rings. The first-order valence-corrected chi connectivity index (χ1v) is 8.25. The van der Waals surface area contributed by atoms with E-state index in [-0.39, 0.29) is 0 Å². The summed E-state index contributed by atoms with van der Waals surface area (Å²) in [4.78, 5) is 4.08. The number of alkyl halides is 1. The summed E-state index contributed by atoms with van der Waals surface area (Å²) in [7, 11) is 0. The summed E-state index contributed by atoms with van der Waals surface area (Å²) in [6.07, 6.45) is 14.5. The summed E-state index contributed by atoms with van der Waals surface area (Å²) >= 11 is 6.18. The molecule has 0 atom stereocenters. The van der Waals surface area contributed by atoms with E-state index in [0.717, 1.165) is 5.69 Å². The molecule has 1 saturated carbocycles. The van der Waals surface area contributed by atoms with Crippen LogP contribution in [0.3, 0.4) is 0 Å². The third kappa shape index (κ3) is 3.56. The van der Waals surface area contributed by atoms with Gasteiger partial charge in [-0.2, -0.15) is 0 Å². The van der Waals surface area contributed by atoms with Gasteiger partial charge in [0.2, 0.25) is 0 Å². The van der Waals surface area contributed by atoms with Crippen LogP contribution in [0.1, 0.15) is 37.7 Å². The van der Waals surface area contributed by atoms with Gasteiger partial charge in [-0.25, -0.2) is 4.98 Å². The molecule has 0 spiro atoms. The van der Waals surface area contributed by atoms with Crippen LogP contribution >= 0.6 is 11.6 Å². The molecule has 0 amide bonds. The maximum Gasteiger partial charge on any atom is 0.0991 e. The van der Waals surface area contributed by atoms with Crippen molar-refractivity contribution >= 4 is 17.7 Å². The molecule has 3 rings (SSSR count). The number of benzene rings is 1. The topological polar surface area (TPSA) is 17.8 Å². The van der Waals surface area contributed by atoms with Crippen LogP contribution in [0.5, 0.6) is 0 Å². The van der Waals surface area contributed by atoms with E-state index in [0.29, 0.717) is 11.8 Å². The van der Waals surface area contributed by atoms with Gasteiger partial charge in [0, 0.05) is 24.0 Å². The van der Waals surface area contributed by atoms with E-state index in [9.17, 15) is 0 Å². The van der Waals surface area contributed by atoms with Gasteiger partial charge in [0.1, 0.15) is 0 Å². The summed E-state index contributed by atoms with van der Waals surface area (Å²) in [6, 6.07) is 8.57. The number of rotatable bonds is 4. The van der Waals surface area contributed by atoms with Gasteiger partial charge >= 0.3 is 0 Å². The third-order valence-corrected chi connectivity index (χ3v) is 4.64. The van der Waals surface area contributed by atoms with Crippen LogP contribution in [0.25, 0.3) is 11.8 Å². The van der Waals surface area contributed by atoms with Crippen LogP contribution < -0.4 is 0 Å². The third-order valence-electron chi connectivity index (χ3n) is 4.33. The second-order valence-electron chi connectivity index (χ2n) is 5.75. The van der Waals surface area contributed by atoms with Gasteiger partial charge in [0.15, 0.2) is 0 Å². The first kappa shape index (κ1) is 14.4. The van der Waals surface area contributed by atoms with Crippen molar-refractivity contribution in [2.45, 2.75) is 32.1 Å². The van der Waals surface area contributed by atoms with Crippen molar-refractivity contribution in [2.75, 3.05) is 5.88 Å². The lowest BCUT2D eigenvalue weighted by atomic mass is 9.83. The normalized spacial score (nSPS) is 17.1. The average molecular weight is 301 g/mol. The van der Waals surface area contributed by atoms with Crippen LogP contribution in [0.2, 0.25) is 0 Å². The van der Waals surface area contributed by atoms with Crippen molar-refractivity contribution < 1.29 is 0 Å². The van der Waals surface area contributed by atoms with E-state index in [4.69, 9.17) is 11.6 Å². The average Bonchev–Trinajstić information content (AvgIpc) is 3.08. The van der Waals surface area contributed by atoms with Crippen LogP contribution in [0.15, 0.2) is 48.6 Å². The van der Waals surface area contributed by atoms with E-state index < -0.39 is 0 Å². The van der Waals surface area contributed by atoms with Crippen LogP contribution in [-0.2, 0) is 0 Å². The molecule has 0 saturated heterocycles. The fourth-order valence-electron chi connectivity index (χ4n) is 3.11. The first-order valence-electron chi connectivity index (χ1n) is 7.71. The number of nitrogens with zero attached hydrogens (tertiary/aromatic N) is 2. The minimum atomic E-state index is 0.647. The number of hydrogen-bond donors (Lipinski definition) is 0. The summed E-state index contributed by atoms with van der Waals surface area (Å²) in [5.74, 6) is 1.33. The maximum absolute atomic E-state index is 6.18. The van der Waals surface area contributed by atoms with Crippen molar-refractivity contribution in [3.05, 3.63) is 54.1 Å². The van der Waals surface area contributed by atoms with E-state index >= 15 is 0 Å². The second-order valence-corrected chi connectivity index (χ2v) is 6.02. The van der Waals surface area contributed by atoms with Crippen LogP contribution in [-0.4, -0.2) is 15.4 Å². The van der Waals surface area contributed by atoms with Gasteiger partial charge < -0.3 is 4.57 Å². The highest BCUT2D eigenvalue weighted by molar-refractivity contribution is 6.19. The predicted molar refractivity (Wildman–Crippen MR) is 88.8 cm³/mol. The van der Waals surface area contributed by atoms with Gasteiger partial charge in [-0.15, -0.1) is 11.6 Å². The Labute approximate surface area is 131 Å². The van der Waals surface area contributed by atoms with Gasteiger partial charge in [0.25, 0.3) is 0 Å². The van der Waals surface area contributed by atoms with Crippen molar-refractivity contribution in [2.24, 2.45) is 5.92 Å². The van der Waals surface area contributed by atoms with Crippen molar-refractivity contribution in [3.8, 4) is 5.69 Å². The SMILES string of the molecule is ClC/C(=C/c1ccc(-n2ccnc2)cc1)C1CCCCC1. The molecule has 0 radical (unpaired) electrons. The molecule has 2 aromatic rings. The van der Waals surface area contributed by atoms with Gasteiger partial charge in [-0.1, -0.05) is 43.0 Å². The highest BCUT2D eigenvalue weighted by atomic mass is 35.5. The fourth-order valence-corrected chi connectivity index (χ4v) is 3.40. The number of hydrogen-bond acceptors (Lipinski definition) is 1. The molecular weight excluding hydrogens is 280 g/mol. The second kappa shape index (κ2) is 6.95. The number of imidazole rings is 1. The van der Waals surface area contributed by atoms with Crippen molar-refractivity contribution in [1.29, 1.82) is 0 Å². The number of halogens is 1. The molecule has 1 fully saturated rings. The molecule has 3 heteroatoms. The molecule has 0 N–H and O–H groups in total. The van der Waals surface area contributed by atoms with Gasteiger partial charge in [-0.05, 0) is 36.5 Å². The summed E-state index contributed by atoms with van der Waals surface area (Å²) in [6.45, 7) is 0. The molecule has 1 heterocycles. The Kier molecular flexibility index (Phi) is 4.76. The molecule has 1 aromatic heterocycles. The summed E-state index contributed by atoms with van der Waals surface area (Å²) < 4.78 is 2.01. The standard InChI is InChI=1S/C18H21ClN2/c19-13-17(16-4-2-1-3-5-16)12-15-6-8-18(9-7-15)21-11-10-20-14-21/h6-12,14,16H,1-5,13H2/b17-12-. The van der Waals surface area contributed by atoms with E-state index in [1.807, 2.05) is 17.1 Å². The highest BCUT2D eigenvalue weighted by Crippen LogP contribution is 2.31. The van der Waals surface area contributed by atoms with E-state index in [2.05, 4.69) is 35.3 Å². The first-order chi connectivity index (χ1) is 10.4. The Bertz CT molecular complexity index is 578. The molecule has 1 aliphatic carbocycles. The van der Waals surface area contributed by atoms with Crippen molar-refractivity contribution in [1.82, 2.24) is 9.55 Å². The van der Waals surface area contributed by atoms with Gasteiger partial charge in [-0.3, -0.25) is 0 Å². The lowest BCUT2D eigenvalue weighted by Gasteiger charge is -2.23. The van der Waals surface area contributed by atoms with Crippen LogP contribution in [0, 0.1) is 5.92 Å². The summed E-state index contributed by atoms with van der Waals surface area (Å²) in [5, 5.41) is 0. The molecular formula is C18H21ClN2. The smallest absolute Gasteiger partial charge is 0.0991 e. The van der Waals surface area contributed by atoms with Gasteiger partial charge in [0.05, 0.1) is 6.33 Å². The Morgan fingerprint density at radius 3 is 2.57 bits per heavy atom. The van der Waals surface area contributed by atoms with E-state index in [1.54, 1.807) is 6.20 Å². The monoisotopic (exact) mass is 300 g/mol. The fraction of sp³-hybridized carbons (Fsp3) is 0.389. The zero-order chi connectivity index (χ0) is 14.5. The van der Waals surface area contributed by atoms with Crippen LogP contribution in [0.4, 0.5) is 0 Å². The minimum Gasteiger partial charge on any atom is -0.306 e. The molecule has 0 unspecified atom stereocenters. The highest BCUT2D eigenvalue weighted by Gasteiger charge is 2.17. The lowest BCUT2D eigenvalue weighted by Crippen LogP contribution is -2.10. The molecule has 21 heavy (non-hydrogen) atoms. The zero-order valence-electron chi connectivity index (χ0n) is 12.2. The minimum absolute atomic E-state index is 0.647. The number of aromatic nitrogens is 2. The Morgan fingerprint density at radius 2 is 1.95 bits per heavy atom. The van der Waals surface area contributed by atoms with E-state index in [1.165, 1.54) is 43.2 Å². The lowest BCUT2D eigenvalue weighted by molar-refractivity contribution is 0.405. The Hall–Kier alpha value is -1.54. The maximum atomic E-state index is 6.18. The zero-order valence-corrected chi connectivity index (χ0v) is 13.0. The van der Waals surface area contributed by atoms with Crippen molar-refractivity contribution in [3.63, 3.8) is 0 Å².